The van der Waals surface area contributed by atoms with Gasteiger partial charge >= 0.3 is 0 Å². The Labute approximate surface area is 155 Å². The number of β-amino-alcohol motifs (C(OH)–C–C–N with tert-alkyl or cyclic N) is 1. The van der Waals surface area contributed by atoms with Crippen LogP contribution in [-0.2, 0) is 4.74 Å². The lowest BCUT2D eigenvalue weighted by Gasteiger charge is -2.38. The second kappa shape index (κ2) is 7.29. The average molecular weight is 358 g/mol. The zero-order valence-electron chi connectivity index (χ0n) is 15.7. The maximum absolute atomic E-state index is 12.7. The summed E-state index contributed by atoms with van der Waals surface area (Å²) in [6.45, 7) is 7.21. The summed E-state index contributed by atoms with van der Waals surface area (Å²) in [4.78, 5) is 17.0. The van der Waals surface area contributed by atoms with Gasteiger partial charge in [-0.05, 0) is 50.2 Å². The molecule has 1 aromatic carbocycles. The molecule has 26 heavy (non-hydrogen) atoms. The second-order valence-electron chi connectivity index (χ2n) is 8.50. The minimum atomic E-state index is -0.165. The van der Waals surface area contributed by atoms with E-state index in [2.05, 4.69) is 4.90 Å². The molecular formula is C21H30N2O3. The van der Waals surface area contributed by atoms with E-state index in [1.807, 2.05) is 36.1 Å². The van der Waals surface area contributed by atoms with Gasteiger partial charge in [-0.15, -0.1) is 0 Å². The maximum Gasteiger partial charge on any atom is 0.253 e. The van der Waals surface area contributed by atoms with Crippen molar-refractivity contribution in [3.63, 3.8) is 0 Å². The number of likely N-dealkylation sites (tertiary alicyclic amines) is 2. The fraction of sp³-hybridized carbons (Fsp3) is 0.667. The van der Waals surface area contributed by atoms with E-state index in [1.165, 1.54) is 5.56 Å². The van der Waals surface area contributed by atoms with E-state index in [0.29, 0.717) is 0 Å². The number of aryl methyl sites for hydroxylation is 1. The normalized spacial score (nSPS) is 28.8. The van der Waals surface area contributed by atoms with E-state index < -0.39 is 0 Å². The van der Waals surface area contributed by atoms with Crippen LogP contribution in [-0.4, -0.2) is 72.4 Å². The number of carbonyl (C=O) groups is 1. The van der Waals surface area contributed by atoms with Crippen molar-refractivity contribution in [3.8, 4) is 0 Å². The molecule has 1 amide bonds. The van der Waals surface area contributed by atoms with E-state index in [-0.39, 0.29) is 23.5 Å². The maximum atomic E-state index is 12.7. The SMILES string of the molecule is Cc1ccc(C(=O)N2CCC3(CC2)COC(CN2CCC(O)C2)C3)cc1. The Morgan fingerprint density at radius 3 is 2.62 bits per heavy atom. The summed E-state index contributed by atoms with van der Waals surface area (Å²) in [5.74, 6) is 0.154. The van der Waals surface area contributed by atoms with Gasteiger partial charge in [-0.1, -0.05) is 17.7 Å². The van der Waals surface area contributed by atoms with Crippen molar-refractivity contribution in [2.24, 2.45) is 5.41 Å². The predicted octanol–water partition coefficient (Wildman–Crippen LogP) is 2.07. The first kappa shape index (κ1) is 18.0. The Morgan fingerprint density at radius 2 is 1.96 bits per heavy atom. The number of benzene rings is 1. The van der Waals surface area contributed by atoms with Crippen LogP contribution >= 0.6 is 0 Å². The number of hydrogen-bond acceptors (Lipinski definition) is 4. The van der Waals surface area contributed by atoms with Crippen LogP contribution in [0.2, 0.25) is 0 Å². The molecule has 142 valence electrons. The monoisotopic (exact) mass is 358 g/mol. The first-order valence-corrected chi connectivity index (χ1v) is 9.91. The molecule has 0 saturated carbocycles. The van der Waals surface area contributed by atoms with Crippen molar-refractivity contribution >= 4 is 5.91 Å². The van der Waals surface area contributed by atoms with E-state index in [9.17, 15) is 9.90 Å². The van der Waals surface area contributed by atoms with Crippen LogP contribution in [0.25, 0.3) is 0 Å². The van der Waals surface area contributed by atoms with Gasteiger partial charge in [0.15, 0.2) is 0 Å². The Morgan fingerprint density at radius 1 is 1.23 bits per heavy atom. The molecule has 2 atom stereocenters. The van der Waals surface area contributed by atoms with Gasteiger partial charge in [0.25, 0.3) is 5.91 Å². The molecule has 5 nitrogen and oxygen atoms in total. The highest BCUT2D eigenvalue weighted by Gasteiger charge is 2.43. The summed E-state index contributed by atoms with van der Waals surface area (Å²) in [6.07, 6.45) is 4.15. The van der Waals surface area contributed by atoms with Gasteiger partial charge in [0, 0.05) is 38.3 Å². The highest BCUT2D eigenvalue weighted by atomic mass is 16.5. The Hall–Kier alpha value is -1.43. The molecule has 1 spiro atoms. The number of nitrogens with zero attached hydrogens (tertiary/aromatic N) is 2. The van der Waals surface area contributed by atoms with E-state index in [0.717, 1.165) is 70.6 Å². The van der Waals surface area contributed by atoms with Crippen LogP contribution in [0.4, 0.5) is 0 Å². The van der Waals surface area contributed by atoms with E-state index in [1.54, 1.807) is 0 Å². The minimum Gasteiger partial charge on any atom is -0.392 e. The fourth-order valence-electron chi connectivity index (χ4n) is 4.69. The van der Waals surface area contributed by atoms with Crippen molar-refractivity contribution in [2.75, 3.05) is 39.3 Å². The third kappa shape index (κ3) is 3.80. The van der Waals surface area contributed by atoms with Crippen LogP contribution < -0.4 is 0 Å². The largest absolute Gasteiger partial charge is 0.392 e. The number of ether oxygens (including phenoxy) is 1. The van der Waals surface area contributed by atoms with E-state index >= 15 is 0 Å². The molecule has 0 bridgehead atoms. The van der Waals surface area contributed by atoms with E-state index in [4.69, 9.17) is 4.74 Å². The second-order valence-corrected chi connectivity index (χ2v) is 8.50. The van der Waals surface area contributed by atoms with Crippen molar-refractivity contribution in [2.45, 2.75) is 44.8 Å². The topological polar surface area (TPSA) is 53.0 Å². The molecular weight excluding hydrogens is 328 g/mol. The molecule has 2 unspecified atom stereocenters. The van der Waals surface area contributed by atoms with Crippen molar-refractivity contribution in [1.29, 1.82) is 0 Å². The number of rotatable bonds is 3. The molecule has 3 saturated heterocycles. The highest BCUT2D eigenvalue weighted by molar-refractivity contribution is 5.94. The van der Waals surface area contributed by atoms with Gasteiger partial charge < -0.3 is 14.7 Å². The van der Waals surface area contributed by atoms with Crippen molar-refractivity contribution in [3.05, 3.63) is 35.4 Å². The predicted molar refractivity (Wildman–Crippen MR) is 100 cm³/mol. The molecule has 0 aromatic heterocycles. The molecule has 0 radical (unpaired) electrons. The van der Waals surface area contributed by atoms with Crippen LogP contribution in [0.15, 0.2) is 24.3 Å². The van der Waals surface area contributed by atoms with Crippen molar-refractivity contribution < 1.29 is 14.6 Å². The summed E-state index contributed by atoms with van der Waals surface area (Å²) in [5.41, 5.74) is 2.21. The lowest BCUT2D eigenvalue weighted by atomic mass is 9.76. The third-order valence-electron chi connectivity index (χ3n) is 6.41. The summed E-state index contributed by atoms with van der Waals surface area (Å²) in [5, 5.41) is 9.69. The minimum absolute atomic E-state index is 0.154. The highest BCUT2D eigenvalue weighted by Crippen LogP contribution is 2.42. The first-order chi connectivity index (χ1) is 12.5. The summed E-state index contributed by atoms with van der Waals surface area (Å²) in [7, 11) is 0. The summed E-state index contributed by atoms with van der Waals surface area (Å²) in [6, 6.07) is 7.87. The van der Waals surface area contributed by atoms with Crippen LogP contribution in [0.1, 0.15) is 41.6 Å². The fourth-order valence-corrected chi connectivity index (χ4v) is 4.69. The molecule has 3 aliphatic heterocycles. The number of amides is 1. The number of carbonyl (C=O) groups excluding carboxylic acids is 1. The number of aliphatic hydroxyl groups is 1. The smallest absolute Gasteiger partial charge is 0.253 e. The van der Waals surface area contributed by atoms with Crippen molar-refractivity contribution in [1.82, 2.24) is 9.80 Å². The molecule has 0 aliphatic carbocycles. The Balaban J connectivity index is 1.29. The first-order valence-electron chi connectivity index (χ1n) is 9.91. The summed E-state index contributed by atoms with van der Waals surface area (Å²) < 4.78 is 6.11. The van der Waals surface area contributed by atoms with Gasteiger partial charge in [0.2, 0.25) is 0 Å². The molecule has 1 N–H and O–H groups in total. The van der Waals surface area contributed by atoms with Gasteiger partial charge in [-0.3, -0.25) is 9.69 Å². The van der Waals surface area contributed by atoms with Gasteiger partial charge in [0.05, 0.1) is 18.8 Å². The van der Waals surface area contributed by atoms with Crippen LogP contribution in [0, 0.1) is 12.3 Å². The zero-order valence-corrected chi connectivity index (χ0v) is 15.7. The zero-order chi connectivity index (χ0) is 18.1. The molecule has 3 heterocycles. The van der Waals surface area contributed by atoms with Gasteiger partial charge in [0.1, 0.15) is 0 Å². The van der Waals surface area contributed by atoms with Gasteiger partial charge in [-0.2, -0.15) is 0 Å². The lowest BCUT2D eigenvalue weighted by Crippen LogP contribution is -2.43. The molecule has 4 rings (SSSR count). The Bertz CT molecular complexity index is 637. The summed E-state index contributed by atoms with van der Waals surface area (Å²) >= 11 is 0. The standard InChI is InChI=1S/C21H30N2O3/c1-16-2-4-17(5-3-16)20(25)23-10-7-21(8-11-23)12-19(26-15-21)14-22-9-6-18(24)13-22/h2-5,18-19,24H,6-15H2,1H3. The van der Waals surface area contributed by atoms with Crippen LogP contribution in [0.3, 0.4) is 0 Å². The van der Waals surface area contributed by atoms with Gasteiger partial charge in [-0.25, -0.2) is 0 Å². The molecule has 3 fully saturated rings. The average Bonchev–Trinajstić information content (AvgIpc) is 3.22. The number of hydrogen-bond donors (Lipinski definition) is 1. The lowest BCUT2D eigenvalue weighted by molar-refractivity contribution is 0.0451. The van der Waals surface area contributed by atoms with Crippen LogP contribution in [0.5, 0.6) is 0 Å². The number of aliphatic hydroxyl groups excluding tert-OH is 1. The quantitative estimate of drug-likeness (QED) is 0.899. The molecule has 1 aromatic rings. The molecule has 5 heteroatoms. The third-order valence-corrected chi connectivity index (χ3v) is 6.41. The molecule has 3 aliphatic rings. The Kier molecular flexibility index (Phi) is 5.04. The number of piperidine rings is 1.